The minimum Gasteiger partial charge on any atom is -0.493 e. The fourth-order valence-corrected chi connectivity index (χ4v) is 3.28. The van der Waals surface area contributed by atoms with Crippen molar-refractivity contribution < 1.29 is 18.6 Å². The van der Waals surface area contributed by atoms with Gasteiger partial charge in [0.05, 0.1) is 31.3 Å². The number of fused-ring (bicyclic) bond motifs is 1. The van der Waals surface area contributed by atoms with Crippen LogP contribution in [-0.2, 0) is 6.61 Å². The molecule has 0 saturated heterocycles. The van der Waals surface area contributed by atoms with Crippen LogP contribution in [0.1, 0.15) is 11.1 Å². The Hall–Kier alpha value is -4.40. The van der Waals surface area contributed by atoms with Crippen molar-refractivity contribution in [2.45, 2.75) is 6.61 Å². The number of benzene rings is 3. The Morgan fingerprint density at radius 2 is 1.73 bits per heavy atom. The molecule has 1 aromatic heterocycles. The number of H-pyrrole nitrogens is 1. The van der Waals surface area contributed by atoms with E-state index in [0.717, 1.165) is 4.68 Å². The molecule has 8 nitrogen and oxygen atoms in total. The van der Waals surface area contributed by atoms with Crippen LogP contribution in [0.3, 0.4) is 0 Å². The van der Waals surface area contributed by atoms with E-state index in [1.165, 1.54) is 32.6 Å². The van der Waals surface area contributed by atoms with Gasteiger partial charge in [-0.3, -0.25) is 4.79 Å². The van der Waals surface area contributed by atoms with Gasteiger partial charge in [-0.1, -0.05) is 24.3 Å². The molecule has 0 aliphatic carbocycles. The third kappa shape index (κ3) is 4.62. The highest BCUT2D eigenvalue weighted by atomic mass is 19.1. The summed E-state index contributed by atoms with van der Waals surface area (Å²) in [4.78, 5) is 27.6. The van der Waals surface area contributed by atoms with Gasteiger partial charge in [-0.2, -0.15) is 5.10 Å². The lowest BCUT2D eigenvalue weighted by Crippen LogP contribution is -2.32. The zero-order valence-electron chi connectivity index (χ0n) is 17.9. The molecule has 0 aliphatic heterocycles. The molecule has 168 valence electrons. The van der Waals surface area contributed by atoms with Gasteiger partial charge in [-0.15, -0.1) is 4.68 Å². The molecule has 33 heavy (non-hydrogen) atoms. The van der Waals surface area contributed by atoms with E-state index < -0.39 is 11.2 Å². The lowest BCUT2D eigenvalue weighted by atomic mass is 10.2. The summed E-state index contributed by atoms with van der Waals surface area (Å²) < 4.78 is 30.8. The minimum absolute atomic E-state index is 0.0970. The van der Waals surface area contributed by atoms with Gasteiger partial charge in [0, 0.05) is 5.56 Å². The monoisotopic (exact) mass is 449 g/mol. The number of rotatable bonds is 7. The van der Waals surface area contributed by atoms with Crippen molar-refractivity contribution in [3.8, 4) is 17.2 Å². The Balaban J connectivity index is 1.67. The molecule has 0 saturated carbocycles. The van der Waals surface area contributed by atoms with E-state index in [2.05, 4.69) is 10.1 Å². The molecule has 0 radical (unpaired) electrons. The first kappa shape index (κ1) is 21.8. The molecular weight excluding hydrogens is 429 g/mol. The molecule has 0 fully saturated rings. The van der Waals surface area contributed by atoms with Crippen LogP contribution in [0.4, 0.5) is 4.39 Å². The third-order valence-corrected chi connectivity index (χ3v) is 4.86. The summed E-state index contributed by atoms with van der Waals surface area (Å²) >= 11 is 0. The van der Waals surface area contributed by atoms with Crippen molar-refractivity contribution >= 4 is 17.1 Å². The number of ether oxygens (including phenoxy) is 3. The lowest BCUT2D eigenvalue weighted by molar-refractivity contribution is 0.265. The SMILES string of the molecule is COc1cc(C=Nn2c(=O)[nH]c3ccccc3c2=O)cc(OC)c1OCc1cccc(F)c1. The molecule has 0 unspecified atom stereocenters. The maximum absolute atomic E-state index is 13.4. The van der Waals surface area contributed by atoms with Gasteiger partial charge in [0.1, 0.15) is 12.4 Å². The second kappa shape index (κ2) is 9.39. The Kier molecular flexibility index (Phi) is 6.21. The minimum atomic E-state index is -0.663. The van der Waals surface area contributed by atoms with Crippen LogP contribution in [0, 0.1) is 5.82 Å². The van der Waals surface area contributed by atoms with Gasteiger partial charge in [-0.25, -0.2) is 9.18 Å². The first-order valence-corrected chi connectivity index (χ1v) is 9.92. The van der Waals surface area contributed by atoms with Crippen molar-refractivity contribution in [2.24, 2.45) is 5.10 Å². The first-order chi connectivity index (χ1) is 16.0. The van der Waals surface area contributed by atoms with Gasteiger partial charge in [-0.05, 0) is 42.0 Å². The second-order valence-corrected chi connectivity index (χ2v) is 7.01. The third-order valence-electron chi connectivity index (χ3n) is 4.86. The summed E-state index contributed by atoms with van der Waals surface area (Å²) in [5, 5.41) is 4.39. The van der Waals surface area contributed by atoms with Crippen LogP contribution in [0.2, 0.25) is 0 Å². The maximum atomic E-state index is 13.4. The number of hydrogen-bond acceptors (Lipinski definition) is 6. The van der Waals surface area contributed by atoms with E-state index in [-0.39, 0.29) is 12.4 Å². The van der Waals surface area contributed by atoms with Gasteiger partial charge < -0.3 is 19.2 Å². The Labute approximate surface area is 187 Å². The number of methoxy groups -OCH3 is 2. The summed E-state index contributed by atoms with van der Waals surface area (Å²) in [7, 11) is 2.92. The van der Waals surface area contributed by atoms with E-state index in [4.69, 9.17) is 14.2 Å². The maximum Gasteiger partial charge on any atom is 0.349 e. The predicted molar refractivity (Wildman–Crippen MR) is 122 cm³/mol. The number of nitrogens with zero attached hydrogens (tertiary/aromatic N) is 2. The summed E-state index contributed by atoms with van der Waals surface area (Å²) in [5.74, 6) is 0.640. The van der Waals surface area contributed by atoms with Gasteiger partial charge in [0.2, 0.25) is 5.75 Å². The normalized spacial score (nSPS) is 11.1. The van der Waals surface area contributed by atoms with Crippen molar-refractivity contribution in [2.75, 3.05) is 14.2 Å². The topological polar surface area (TPSA) is 94.9 Å². The van der Waals surface area contributed by atoms with E-state index in [0.29, 0.717) is 39.3 Å². The molecule has 0 amide bonds. The predicted octanol–water partition coefficient (Wildman–Crippen LogP) is 3.31. The smallest absolute Gasteiger partial charge is 0.349 e. The summed E-state index contributed by atoms with van der Waals surface area (Å²) in [6.07, 6.45) is 1.34. The summed E-state index contributed by atoms with van der Waals surface area (Å²) in [6.45, 7) is 0.0970. The molecule has 1 N–H and O–H groups in total. The molecule has 4 aromatic rings. The van der Waals surface area contributed by atoms with Crippen LogP contribution >= 0.6 is 0 Å². The van der Waals surface area contributed by atoms with E-state index >= 15 is 0 Å². The average molecular weight is 449 g/mol. The van der Waals surface area contributed by atoms with Crippen molar-refractivity contribution in [1.82, 2.24) is 9.66 Å². The van der Waals surface area contributed by atoms with Gasteiger partial charge in [0.15, 0.2) is 11.5 Å². The molecule has 0 bridgehead atoms. The molecule has 0 atom stereocenters. The molecular formula is C24H20FN3O5. The van der Waals surface area contributed by atoms with Crippen LogP contribution < -0.4 is 25.5 Å². The number of hydrogen-bond donors (Lipinski definition) is 1. The lowest BCUT2D eigenvalue weighted by Gasteiger charge is -2.15. The quantitative estimate of drug-likeness (QED) is 0.437. The van der Waals surface area contributed by atoms with Crippen LogP contribution in [0.5, 0.6) is 17.2 Å². The Bertz CT molecular complexity index is 1430. The van der Waals surface area contributed by atoms with Crippen molar-refractivity contribution in [1.29, 1.82) is 0 Å². The summed E-state index contributed by atoms with van der Waals surface area (Å²) in [6, 6.07) is 16.0. The second-order valence-electron chi connectivity index (χ2n) is 7.01. The summed E-state index contributed by atoms with van der Waals surface area (Å²) in [5.41, 5.74) is 0.367. The number of aromatic nitrogens is 2. The number of aromatic amines is 1. The highest BCUT2D eigenvalue weighted by molar-refractivity contribution is 5.82. The Morgan fingerprint density at radius 3 is 2.42 bits per heavy atom. The largest absolute Gasteiger partial charge is 0.493 e. The van der Waals surface area contributed by atoms with Crippen molar-refractivity contribution in [3.63, 3.8) is 0 Å². The molecule has 4 rings (SSSR count). The number of halogens is 1. The molecule has 0 spiro atoms. The van der Waals surface area contributed by atoms with E-state index in [9.17, 15) is 14.0 Å². The Morgan fingerprint density at radius 1 is 1.00 bits per heavy atom. The van der Waals surface area contributed by atoms with Gasteiger partial charge >= 0.3 is 5.69 Å². The molecule has 0 aliphatic rings. The van der Waals surface area contributed by atoms with E-state index in [1.54, 1.807) is 48.5 Å². The van der Waals surface area contributed by atoms with Crippen LogP contribution in [0.15, 0.2) is 75.4 Å². The van der Waals surface area contributed by atoms with E-state index in [1.807, 2.05) is 0 Å². The standard InChI is InChI=1S/C24H20FN3O5/c1-31-20-11-16(12-21(32-2)22(20)33-14-15-6-5-7-17(25)10-15)13-26-28-23(29)18-8-3-4-9-19(18)27-24(28)30/h3-13H,14H2,1-2H3,(H,27,30). The number of para-hydroxylation sites is 1. The van der Waals surface area contributed by atoms with Crippen molar-refractivity contribution in [3.05, 3.63) is 98.4 Å². The number of nitrogens with one attached hydrogen (secondary N) is 1. The molecule has 9 heteroatoms. The van der Waals surface area contributed by atoms with Gasteiger partial charge in [0.25, 0.3) is 5.56 Å². The fourth-order valence-electron chi connectivity index (χ4n) is 3.28. The molecule has 3 aromatic carbocycles. The zero-order chi connectivity index (χ0) is 23.4. The van der Waals surface area contributed by atoms with Crippen LogP contribution in [-0.4, -0.2) is 30.1 Å². The molecule has 1 heterocycles. The average Bonchev–Trinajstić information content (AvgIpc) is 2.82. The highest BCUT2D eigenvalue weighted by Gasteiger charge is 2.15. The fraction of sp³-hybridized carbons (Fsp3) is 0.125. The van der Waals surface area contributed by atoms with Crippen LogP contribution in [0.25, 0.3) is 10.9 Å². The highest BCUT2D eigenvalue weighted by Crippen LogP contribution is 2.38. The zero-order valence-corrected chi connectivity index (χ0v) is 17.9. The first-order valence-electron chi connectivity index (χ1n) is 9.92.